The number of carbonyl (C=O) groups is 1. The number of rotatable bonds is 8. The molecule has 0 aliphatic rings. The van der Waals surface area contributed by atoms with Gasteiger partial charge in [-0.05, 0) is 24.6 Å². The standard InChI is InChI=1S/C15H20ClFO/c1-2-3-4-5-6-7-8-15(18)12-9-10-13(16)14(17)11-12/h9-11H,2-8H2,1H3. The van der Waals surface area contributed by atoms with Gasteiger partial charge in [0.15, 0.2) is 5.78 Å². The first-order valence-electron chi connectivity index (χ1n) is 6.63. The van der Waals surface area contributed by atoms with E-state index in [0.29, 0.717) is 12.0 Å². The van der Waals surface area contributed by atoms with Crippen molar-refractivity contribution in [2.75, 3.05) is 0 Å². The van der Waals surface area contributed by atoms with Crippen molar-refractivity contribution >= 4 is 17.4 Å². The third-order valence-electron chi connectivity index (χ3n) is 3.00. The van der Waals surface area contributed by atoms with E-state index >= 15 is 0 Å². The molecule has 0 aromatic heterocycles. The summed E-state index contributed by atoms with van der Waals surface area (Å²) in [4.78, 5) is 11.8. The second-order valence-corrected chi connectivity index (χ2v) is 4.98. The van der Waals surface area contributed by atoms with Crippen molar-refractivity contribution in [3.63, 3.8) is 0 Å². The monoisotopic (exact) mass is 270 g/mol. The van der Waals surface area contributed by atoms with E-state index in [1.54, 1.807) is 6.07 Å². The molecular weight excluding hydrogens is 251 g/mol. The van der Waals surface area contributed by atoms with Crippen molar-refractivity contribution in [2.24, 2.45) is 0 Å². The van der Waals surface area contributed by atoms with Gasteiger partial charge in [0, 0.05) is 12.0 Å². The van der Waals surface area contributed by atoms with Gasteiger partial charge >= 0.3 is 0 Å². The smallest absolute Gasteiger partial charge is 0.162 e. The molecule has 0 unspecified atom stereocenters. The first kappa shape index (κ1) is 15.2. The third-order valence-corrected chi connectivity index (χ3v) is 3.31. The van der Waals surface area contributed by atoms with Crippen LogP contribution in [-0.2, 0) is 0 Å². The van der Waals surface area contributed by atoms with Crippen LogP contribution in [0, 0.1) is 5.82 Å². The molecule has 0 saturated carbocycles. The Bertz CT molecular complexity index is 390. The summed E-state index contributed by atoms with van der Waals surface area (Å²) in [6, 6.07) is 4.25. The van der Waals surface area contributed by atoms with E-state index in [1.807, 2.05) is 0 Å². The van der Waals surface area contributed by atoms with Gasteiger partial charge < -0.3 is 0 Å². The van der Waals surface area contributed by atoms with E-state index in [1.165, 1.54) is 37.8 Å². The molecule has 1 nitrogen and oxygen atoms in total. The summed E-state index contributed by atoms with van der Waals surface area (Å²) in [6.07, 6.45) is 7.34. The van der Waals surface area contributed by atoms with E-state index in [2.05, 4.69) is 6.92 Å². The highest BCUT2D eigenvalue weighted by Gasteiger charge is 2.08. The third kappa shape index (κ3) is 5.18. The Morgan fingerprint density at radius 3 is 2.50 bits per heavy atom. The lowest BCUT2D eigenvalue weighted by atomic mass is 10.0. The van der Waals surface area contributed by atoms with Gasteiger partial charge in [-0.15, -0.1) is 0 Å². The van der Waals surface area contributed by atoms with Crippen LogP contribution in [0.4, 0.5) is 4.39 Å². The number of carbonyl (C=O) groups excluding carboxylic acids is 1. The van der Waals surface area contributed by atoms with Crippen LogP contribution in [0.2, 0.25) is 5.02 Å². The Hall–Kier alpha value is -0.890. The second kappa shape index (κ2) is 8.25. The maximum absolute atomic E-state index is 13.2. The molecule has 1 aromatic carbocycles. The highest BCUT2D eigenvalue weighted by molar-refractivity contribution is 6.30. The Labute approximate surface area is 113 Å². The average Bonchev–Trinajstić information content (AvgIpc) is 2.36. The summed E-state index contributed by atoms with van der Waals surface area (Å²) in [7, 11) is 0. The Balaban J connectivity index is 2.30. The maximum Gasteiger partial charge on any atom is 0.162 e. The summed E-state index contributed by atoms with van der Waals surface area (Å²) in [5.74, 6) is -0.522. The molecule has 0 bridgehead atoms. The number of unbranched alkanes of at least 4 members (excludes halogenated alkanes) is 5. The SMILES string of the molecule is CCCCCCCCC(=O)c1ccc(Cl)c(F)c1. The van der Waals surface area contributed by atoms with Gasteiger partial charge in [-0.3, -0.25) is 4.79 Å². The normalized spacial score (nSPS) is 10.6. The molecule has 0 spiro atoms. The van der Waals surface area contributed by atoms with Crippen LogP contribution >= 0.6 is 11.6 Å². The van der Waals surface area contributed by atoms with Crippen LogP contribution in [0.25, 0.3) is 0 Å². The molecule has 0 saturated heterocycles. The fraction of sp³-hybridized carbons (Fsp3) is 0.533. The molecule has 0 atom stereocenters. The zero-order valence-corrected chi connectivity index (χ0v) is 11.6. The number of halogens is 2. The zero-order chi connectivity index (χ0) is 13.4. The van der Waals surface area contributed by atoms with Gasteiger partial charge in [-0.2, -0.15) is 0 Å². The minimum absolute atomic E-state index is 0.000980. The average molecular weight is 271 g/mol. The Kier molecular flexibility index (Phi) is 6.96. The molecular formula is C15H20ClFO. The van der Waals surface area contributed by atoms with Gasteiger partial charge in [0.05, 0.1) is 5.02 Å². The number of Topliss-reactive ketones (excluding diaryl/α,β-unsaturated/α-hetero) is 1. The van der Waals surface area contributed by atoms with Crippen molar-refractivity contribution in [3.8, 4) is 0 Å². The van der Waals surface area contributed by atoms with Crippen LogP contribution in [0.15, 0.2) is 18.2 Å². The van der Waals surface area contributed by atoms with Gasteiger partial charge in [-0.25, -0.2) is 4.39 Å². The van der Waals surface area contributed by atoms with Crippen LogP contribution < -0.4 is 0 Å². The van der Waals surface area contributed by atoms with Crippen LogP contribution in [0.5, 0.6) is 0 Å². The van der Waals surface area contributed by atoms with Crippen LogP contribution in [0.3, 0.4) is 0 Å². The molecule has 0 aliphatic carbocycles. The van der Waals surface area contributed by atoms with Crippen molar-refractivity contribution in [3.05, 3.63) is 34.6 Å². The first-order chi connectivity index (χ1) is 8.65. The van der Waals surface area contributed by atoms with E-state index in [-0.39, 0.29) is 10.8 Å². The lowest BCUT2D eigenvalue weighted by Crippen LogP contribution is -1.99. The second-order valence-electron chi connectivity index (χ2n) is 4.57. The first-order valence-corrected chi connectivity index (χ1v) is 7.01. The summed E-state index contributed by atoms with van der Waals surface area (Å²) < 4.78 is 13.2. The van der Waals surface area contributed by atoms with Crippen molar-refractivity contribution in [1.82, 2.24) is 0 Å². The molecule has 0 fully saturated rings. The fourth-order valence-corrected chi connectivity index (χ4v) is 2.00. The summed E-state index contributed by atoms with van der Waals surface area (Å²) in [5, 5.41) is 0.0612. The molecule has 0 aliphatic heterocycles. The van der Waals surface area contributed by atoms with E-state index in [4.69, 9.17) is 11.6 Å². The highest BCUT2D eigenvalue weighted by atomic mass is 35.5. The molecule has 1 aromatic rings. The van der Waals surface area contributed by atoms with E-state index < -0.39 is 5.82 Å². The van der Waals surface area contributed by atoms with Crippen LogP contribution in [-0.4, -0.2) is 5.78 Å². The molecule has 100 valence electrons. The quantitative estimate of drug-likeness (QED) is 0.456. The minimum atomic E-state index is -0.523. The van der Waals surface area contributed by atoms with Crippen molar-refractivity contribution in [2.45, 2.75) is 51.9 Å². The molecule has 0 heterocycles. The number of benzene rings is 1. The Morgan fingerprint density at radius 1 is 1.17 bits per heavy atom. The summed E-state index contributed by atoms with van der Waals surface area (Å²) in [5.41, 5.74) is 0.422. The van der Waals surface area contributed by atoms with Crippen molar-refractivity contribution in [1.29, 1.82) is 0 Å². The highest BCUT2D eigenvalue weighted by Crippen LogP contribution is 2.17. The predicted molar refractivity (Wildman–Crippen MR) is 73.7 cm³/mol. The summed E-state index contributed by atoms with van der Waals surface area (Å²) in [6.45, 7) is 2.18. The van der Waals surface area contributed by atoms with Gasteiger partial charge in [0.2, 0.25) is 0 Å². The van der Waals surface area contributed by atoms with Gasteiger partial charge in [0.1, 0.15) is 5.82 Å². The maximum atomic E-state index is 13.2. The predicted octanol–water partition coefficient (Wildman–Crippen LogP) is 5.41. The molecule has 0 radical (unpaired) electrons. The van der Waals surface area contributed by atoms with Gasteiger partial charge in [-0.1, -0.05) is 50.6 Å². The van der Waals surface area contributed by atoms with E-state index in [9.17, 15) is 9.18 Å². The Morgan fingerprint density at radius 2 is 1.83 bits per heavy atom. The van der Waals surface area contributed by atoms with E-state index in [0.717, 1.165) is 12.8 Å². The lowest BCUT2D eigenvalue weighted by Gasteiger charge is -2.02. The molecule has 0 amide bonds. The molecule has 0 N–H and O–H groups in total. The largest absolute Gasteiger partial charge is 0.294 e. The molecule has 1 rings (SSSR count). The molecule has 3 heteroatoms. The minimum Gasteiger partial charge on any atom is -0.294 e. The topological polar surface area (TPSA) is 17.1 Å². The van der Waals surface area contributed by atoms with Crippen molar-refractivity contribution < 1.29 is 9.18 Å². The number of hydrogen-bond acceptors (Lipinski definition) is 1. The number of hydrogen-bond donors (Lipinski definition) is 0. The number of ketones is 1. The molecule has 18 heavy (non-hydrogen) atoms. The van der Waals surface area contributed by atoms with Gasteiger partial charge in [0.25, 0.3) is 0 Å². The summed E-state index contributed by atoms with van der Waals surface area (Å²) >= 11 is 5.57. The fourth-order valence-electron chi connectivity index (χ4n) is 1.88. The van der Waals surface area contributed by atoms with Crippen LogP contribution in [0.1, 0.15) is 62.2 Å². The lowest BCUT2D eigenvalue weighted by molar-refractivity contribution is 0.0978. The zero-order valence-electron chi connectivity index (χ0n) is 10.8.